The molecule has 6 rings (SSSR count). The first-order valence-electron chi connectivity index (χ1n) is 12.7. The molecule has 2 N–H and O–H groups in total. The summed E-state index contributed by atoms with van der Waals surface area (Å²) in [5.74, 6) is -2.46. The molecular formula is C26H25ClF2N4O6. The summed E-state index contributed by atoms with van der Waals surface area (Å²) < 4.78 is 51.9. The fourth-order valence-corrected chi connectivity index (χ4v) is 5.29. The van der Waals surface area contributed by atoms with Crippen molar-refractivity contribution >= 4 is 34.9 Å². The van der Waals surface area contributed by atoms with E-state index in [4.69, 9.17) is 30.5 Å². The zero-order chi connectivity index (χ0) is 27.1. The zero-order valence-corrected chi connectivity index (χ0v) is 21.4. The number of aromatic nitrogens is 3. The number of H-pyrrole nitrogens is 1. The van der Waals surface area contributed by atoms with Crippen molar-refractivity contribution in [2.24, 2.45) is 10.9 Å². The molecule has 1 aliphatic carbocycles. The van der Waals surface area contributed by atoms with E-state index in [2.05, 4.69) is 19.9 Å². The van der Waals surface area contributed by atoms with Gasteiger partial charge in [-0.1, -0.05) is 24.4 Å². The van der Waals surface area contributed by atoms with Crippen LogP contribution in [-0.4, -0.2) is 69.8 Å². The lowest BCUT2D eigenvalue weighted by molar-refractivity contribution is 0.00706. The molecule has 4 heterocycles. The smallest absolute Gasteiger partial charge is 0.296 e. The topological polar surface area (TPSA) is 128 Å². The number of aliphatic imine (C=N–C) groups is 1. The lowest BCUT2D eigenvalue weighted by Crippen LogP contribution is -2.34. The number of nitrogens with one attached hydrogen (secondary N) is 1. The average Bonchev–Trinajstić information content (AvgIpc) is 3.70. The Morgan fingerprint density at radius 3 is 2.67 bits per heavy atom. The molecule has 1 aromatic carbocycles. The SMILES string of the molecule is O=C(N=CC1CCCC1)c1cc(F)c(COc2nc3nc(O[C@@H]4COC5C4OC[C@H]5O)[nH]c3cc2Cl)c(F)c1. The number of aliphatic hydroxyl groups excluding tert-OH is 1. The second-order valence-corrected chi connectivity index (χ2v) is 10.3. The maximum Gasteiger partial charge on any atom is 0.296 e. The molecule has 39 heavy (non-hydrogen) atoms. The van der Waals surface area contributed by atoms with Crippen molar-refractivity contribution in [3.8, 4) is 11.9 Å². The first-order valence-corrected chi connectivity index (χ1v) is 13.1. The Morgan fingerprint density at radius 1 is 1.15 bits per heavy atom. The van der Waals surface area contributed by atoms with Gasteiger partial charge in [-0.05, 0) is 37.0 Å². The van der Waals surface area contributed by atoms with Gasteiger partial charge in [0.15, 0.2) is 11.8 Å². The number of benzene rings is 1. The van der Waals surface area contributed by atoms with Crippen LogP contribution < -0.4 is 9.47 Å². The van der Waals surface area contributed by atoms with Crippen molar-refractivity contribution in [2.75, 3.05) is 13.2 Å². The van der Waals surface area contributed by atoms with Gasteiger partial charge in [-0.2, -0.15) is 9.97 Å². The second kappa shape index (κ2) is 10.8. The third kappa shape index (κ3) is 5.33. The van der Waals surface area contributed by atoms with Crippen LogP contribution in [0.3, 0.4) is 0 Å². The summed E-state index contributed by atoms with van der Waals surface area (Å²) in [5.41, 5.74) is 0.0869. The summed E-state index contributed by atoms with van der Waals surface area (Å²) in [6, 6.07) is 3.52. The minimum absolute atomic E-state index is 0.0816. The van der Waals surface area contributed by atoms with Crippen molar-refractivity contribution in [1.29, 1.82) is 0 Å². The molecule has 0 spiro atoms. The molecule has 2 unspecified atom stereocenters. The van der Waals surface area contributed by atoms with E-state index in [9.17, 15) is 18.7 Å². The average molecular weight is 563 g/mol. The fourth-order valence-electron chi connectivity index (χ4n) is 5.08. The molecular weight excluding hydrogens is 538 g/mol. The van der Waals surface area contributed by atoms with E-state index in [0.29, 0.717) is 5.52 Å². The molecule has 3 aromatic rings. The summed E-state index contributed by atoms with van der Waals surface area (Å²) >= 11 is 6.28. The van der Waals surface area contributed by atoms with Crippen LogP contribution in [0.15, 0.2) is 23.2 Å². The van der Waals surface area contributed by atoms with Crippen molar-refractivity contribution in [3.05, 3.63) is 46.0 Å². The quantitative estimate of drug-likeness (QED) is 0.416. The van der Waals surface area contributed by atoms with E-state index < -0.39 is 48.6 Å². The lowest BCUT2D eigenvalue weighted by atomic mass is 10.1. The molecule has 3 aliphatic rings. The van der Waals surface area contributed by atoms with Gasteiger partial charge in [0.2, 0.25) is 5.88 Å². The summed E-state index contributed by atoms with van der Waals surface area (Å²) in [6.45, 7) is -0.131. The van der Waals surface area contributed by atoms with Gasteiger partial charge in [0.1, 0.15) is 41.6 Å². The van der Waals surface area contributed by atoms with Crippen LogP contribution >= 0.6 is 11.6 Å². The van der Waals surface area contributed by atoms with Crippen molar-refractivity contribution in [2.45, 2.75) is 56.7 Å². The van der Waals surface area contributed by atoms with Gasteiger partial charge in [-0.15, -0.1) is 0 Å². The third-order valence-electron chi connectivity index (χ3n) is 7.16. The van der Waals surface area contributed by atoms with Crippen molar-refractivity contribution in [3.63, 3.8) is 0 Å². The Morgan fingerprint density at radius 2 is 1.90 bits per heavy atom. The van der Waals surface area contributed by atoms with Crippen LogP contribution in [0.4, 0.5) is 8.78 Å². The molecule has 0 radical (unpaired) electrons. The second-order valence-electron chi connectivity index (χ2n) is 9.84. The van der Waals surface area contributed by atoms with E-state index in [1.165, 1.54) is 6.07 Å². The Labute approximate surface area is 226 Å². The van der Waals surface area contributed by atoms with E-state index >= 15 is 0 Å². The molecule has 1 saturated carbocycles. The number of imidazole rings is 1. The Kier molecular flexibility index (Phi) is 7.19. The molecule has 1 amide bonds. The number of nitrogens with zero attached hydrogens (tertiary/aromatic N) is 3. The van der Waals surface area contributed by atoms with E-state index in [1.54, 1.807) is 6.21 Å². The van der Waals surface area contributed by atoms with Crippen LogP contribution in [0.5, 0.6) is 11.9 Å². The number of carbonyl (C=O) groups excluding carboxylic acids is 1. The molecule has 3 fully saturated rings. The van der Waals surface area contributed by atoms with Gasteiger partial charge >= 0.3 is 0 Å². The van der Waals surface area contributed by atoms with Crippen molar-refractivity contribution in [1.82, 2.24) is 15.0 Å². The van der Waals surface area contributed by atoms with Crippen LogP contribution in [0.2, 0.25) is 5.02 Å². The van der Waals surface area contributed by atoms with Crippen LogP contribution in [0, 0.1) is 17.6 Å². The highest BCUT2D eigenvalue weighted by molar-refractivity contribution is 6.32. The van der Waals surface area contributed by atoms with Gasteiger partial charge in [0.05, 0.1) is 24.3 Å². The molecule has 10 nitrogen and oxygen atoms in total. The standard InChI is InChI=1S/C26H25ClF2N4O6/c27-15-7-18-23(33-26(31-18)39-20-11-37-21-19(34)10-36-22(20)21)32-25(15)38-9-14-16(28)5-13(6-17(14)29)24(35)30-8-12-3-1-2-4-12/h5-8,12,19-22,34H,1-4,9-11H2,(H,31,32,33)/t19-,20-,21?,22?/m1/s1. The van der Waals surface area contributed by atoms with Gasteiger partial charge < -0.3 is 29.0 Å². The number of aliphatic hydroxyl groups is 1. The lowest BCUT2D eigenvalue weighted by Gasteiger charge is -2.15. The fraction of sp³-hybridized carbons (Fsp3) is 0.462. The van der Waals surface area contributed by atoms with E-state index in [0.717, 1.165) is 37.8 Å². The first kappa shape index (κ1) is 26.1. The first-order chi connectivity index (χ1) is 18.9. The number of rotatable bonds is 7. The zero-order valence-electron chi connectivity index (χ0n) is 20.6. The number of hydrogen-bond donors (Lipinski definition) is 2. The molecule has 0 bridgehead atoms. The predicted octanol–water partition coefficient (Wildman–Crippen LogP) is 3.78. The summed E-state index contributed by atoms with van der Waals surface area (Å²) in [5, 5.41) is 9.97. The van der Waals surface area contributed by atoms with Gasteiger partial charge in [0, 0.05) is 11.8 Å². The highest BCUT2D eigenvalue weighted by Crippen LogP contribution is 2.32. The maximum atomic E-state index is 14.7. The number of hydrogen-bond acceptors (Lipinski definition) is 8. The predicted molar refractivity (Wildman–Crippen MR) is 134 cm³/mol. The summed E-state index contributed by atoms with van der Waals surface area (Å²) in [4.78, 5) is 27.6. The number of fused-ring (bicyclic) bond motifs is 2. The molecule has 2 aliphatic heterocycles. The van der Waals surface area contributed by atoms with Crippen LogP contribution in [0.1, 0.15) is 41.6 Å². The number of carbonyl (C=O) groups is 1. The van der Waals surface area contributed by atoms with Gasteiger partial charge in [0.25, 0.3) is 11.9 Å². The molecule has 2 saturated heterocycles. The Hall–Kier alpha value is -3.19. The van der Waals surface area contributed by atoms with E-state index in [-0.39, 0.29) is 52.8 Å². The van der Waals surface area contributed by atoms with Gasteiger partial charge in [-0.25, -0.2) is 13.8 Å². The van der Waals surface area contributed by atoms with Crippen molar-refractivity contribution < 1.29 is 37.6 Å². The Bertz CT molecular complexity index is 1410. The Balaban J connectivity index is 1.13. The third-order valence-corrected chi connectivity index (χ3v) is 7.43. The molecule has 206 valence electrons. The molecule has 13 heteroatoms. The molecule has 4 atom stereocenters. The minimum atomic E-state index is -0.946. The maximum absolute atomic E-state index is 14.7. The van der Waals surface area contributed by atoms with Crippen LogP contribution in [0.25, 0.3) is 11.2 Å². The summed E-state index contributed by atoms with van der Waals surface area (Å²) in [6.07, 6.45) is 3.60. The van der Waals surface area contributed by atoms with Gasteiger partial charge in [-0.3, -0.25) is 4.79 Å². The monoisotopic (exact) mass is 562 g/mol. The van der Waals surface area contributed by atoms with Crippen LogP contribution in [-0.2, 0) is 16.1 Å². The largest absolute Gasteiger partial charge is 0.471 e. The number of pyridine rings is 1. The summed E-state index contributed by atoms with van der Waals surface area (Å²) in [7, 11) is 0. The van der Waals surface area contributed by atoms with E-state index in [1.807, 2.05) is 0 Å². The minimum Gasteiger partial charge on any atom is -0.471 e. The number of aromatic amines is 1. The number of ether oxygens (including phenoxy) is 4. The molecule has 2 aromatic heterocycles. The number of amides is 1. The normalized spacial score (nSPS) is 25.1. The highest BCUT2D eigenvalue weighted by atomic mass is 35.5. The number of halogens is 3. The highest BCUT2D eigenvalue weighted by Gasteiger charge is 2.48.